The Bertz CT molecular complexity index is 513. The van der Waals surface area contributed by atoms with Crippen molar-refractivity contribution < 1.29 is 0 Å². The lowest BCUT2D eigenvalue weighted by Crippen LogP contribution is -2.05. The van der Waals surface area contributed by atoms with Gasteiger partial charge in [-0.3, -0.25) is 0 Å². The molecule has 0 saturated carbocycles. The second-order valence-corrected chi connectivity index (χ2v) is 5.89. The van der Waals surface area contributed by atoms with Crippen LogP contribution < -0.4 is 5.32 Å². The van der Waals surface area contributed by atoms with E-state index in [1.54, 1.807) is 11.3 Å². The van der Waals surface area contributed by atoms with Gasteiger partial charge in [-0.2, -0.15) is 0 Å². The third-order valence-corrected chi connectivity index (χ3v) is 4.36. The van der Waals surface area contributed by atoms with Gasteiger partial charge < -0.3 is 5.32 Å². The molecule has 1 aromatic carbocycles. The number of hydrogen-bond donors (Lipinski definition) is 1. The molecule has 90 valence electrons. The fourth-order valence-corrected chi connectivity index (χ4v) is 2.85. The zero-order chi connectivity index (χ0) is 12.3. The summed E-state index contributed by atoms with van der Waals surface area (Å²) in [6, 6.07) is 5.73. The van der Waals surface area contributed by atoms with Gasteiger partial charge in [0, 0.05) is 33.0 Å². The van der Waals surface area contributed by atoms with E-state index in [0.29, 0.717) is 0 Å². The highest BCUT2D eigenvalue weighted by Gasteiger charge is 2.03. The fourth-order valence-electron chi connectivity index (χ4n) is 1.51. The standard InChI is InChI=1S/C12H12BrClN2S/c1-8-12(17-7-16-8)4-5-15-11-6-9(14)2-3-10(11)13/h2-3,6-7,15H,4-5H2,1H3. The highest BCUT2D eigenvalue weighted by Crippen LogP contribution is 2.26. The number of halogens is 2. The normalized spacial score (nSPS) is 10.5. The van der Waals surface area contributed by atoms with Gasteiger partial charge in [0.15, 0.2) is 0 Å². The first kappa shape index (κ1) is 12.9. The molecule has 17 heavy (non-hydrogen) atoms. The van der Waals surface area contributed by atoms with E-state index in [9.17, 15) is 0 Å². The van der Waals surface area contributed by atoms with E-state index in [-0.39, 0.29) is 0 Å². The van der Waals surface area contributed by atoms with Gasteiger partial charge in [0.2, 0.25) is 0 Å². The summed E-state index contributed by atoms with van der Waals surface area (Å²) in [6.45, 7) is 2.92. The molecule has 5 heteroatoms. The molecule has 0 bridgehead atoms. The number of anilines is 1. The molecule has 0 spiro atoms. The van der Waals surface area contributed by atoms with Crippen LogP contribution in [0, 0.1) is 6.92 Å². The predicted octanol–water partition coefficient (Wildman–Crippen LogP) is 4.52. The van der Waals surface area contributed by atoms with Gasteiger partial charge in [0.1, 0.15) is 0 Å². The van der Waals surface area contributed by atoms with Crippen LogP contribution in [-0.2, 0) is 6.42 Å². The number of benzene rings is 1. The molecule has 0 aliphatic heterocycles. The summed E-state index contributed by atoms with van der Waals surface area (Å²) in [5.74, 6) is 0. The second kappa shape index (κ2) is 5.85. The summed E-state index contributed by atoms with van der Waals surface area (Å²) in [7, 11) is 0. The number of rotatable bonds is 4. The van der Waals surface area contributed by atoms with Crippen LogP contribution in [0.4, 0.5) is 5.69 Å². The average molecular weight is 332 g/mol. The van der Waals surface area contributed by atoms with Crippen molar-refractivity contribution in [1.82, 2.24) is 4.98 Å². The molecule has 1 heterocycles. The van der Waals surface area contributed by atoms with E-state index in [2.05, 4.69) is 26.2 Å². The van der Waals surface area contributed by atoms with Crippen molar-refractivity contribution in [3.63, 3.8) is 0 Å². The van der Waals surface area contributed by atoms with Crippen molar-refractivity contribution in [3.05, 3.63) is 43.8 Å². The molecule has 0 atom stereocenters. The van der Waals surface area contributed by atoms with Gasteiger partial charge in [-0.1, -0.05) is 11.6 Å². The minimum atomic E-state index is 0.740. The Balaban J connectivity index is 1.94. The molecule has 0 saturated heterocycles. The van der Waals surface area contributed by atoms with Crippen molar-refractivity contribution in [2.24, 2.45) is 0 Å². The molecule has 0 aliphatic carbocycles. The molecule has 0 radical (unpaired) electrons. The maximum absolute atomic E-state index is 5.95. The zero-order valence-electron chi connectivity index (χ0n) is 9.34. The van der Waals surface area contributed by atoms with Gasteiger partial charge in [-0.15, -0.1) is 11.3 Å². The van der Waals surface area contributed by atoms with Crippen molar-refractivity contribution in [3.8, 4) is 0 Å². The third kappa shape index (κ3) is 3.44. The SMILES string of the molecule is Cc1ncsc1CCNc1cc(Cl)ccc1Br. The number of thiazole rings is 1. The Morgan fingerprint density at radius 1 is 1.47 bits per heavy atom. The van der Waals surface area contributed by atoms with Gasteiger partial charge in [0.25, 0.3) is 0 Å². The average Bonchev–Trinajstić information content (AvgIpc) is 2.70. The van der Waals surface area contributed by atoms with E-state index in [0.717, 1.165) is 33.8 Å². The molecular weight excluding hydrogens is 320 g/mol. The van der Waals surface area contributed by atoms with E-state index in [1.807, 2.05) is 30.6 Å². The highest BCUT2D eigenvalue weighted by molar-refractivity contribution is 9.10. The van der Waals surface area contributed by atoms with Crippen molar-refractivity contribution in [1.29, 1.82) is 0 Å². The lowest BCUT2D eigenvalue weighted by Gasteiger charge is -2.08. The van der Waals surface area contributed by atoms with Crippen LogP contribution in [0.25, 0.3) is 0 Å². The maximum Gasteiger partial charge on any atom is 0.0797 e. The Morgan fingerprint density at radius 2 is 2.29 bits per heavy atom. The molecule has 2 aromatic rings. The Morgan fingerprint density at radius 3 is 3.00 bits per heavy atom. The molecule has 2 nitrogen and oxygen atoms in total. The number of hydrogen-bond acceptors (Lipinski definition) is 3. The van der Waals surface area contributed by atoms with Crippen molar-refractivity contribution >= 4 is 44.6 Å². The largest absolute Gasteiger partial charge is 0.384 e. The Kier molecular flexibility index (Phi) is 4.42. The highest BCUT2D eigenvalue weighted by atomic mass is 79.9. The summed E-state index contributed by atoms with van der Waals surface area (Å²) in [5.41, 5.74) is 4.04. The lowest BCUT2D eigenvalue weighted by atomic mass is 10.3. The summed E-state index contributed by atoms with van der Waals surface area (Å²) >= 11 is 11.1. The minimum Gasteiger partial charge on any atom is -0.384 e. The predicted molar refractivity (Wildman–Crippen MR) is 78.2 cm³/mol. The monoisotopic (exact) mass is 330 g/mol. The van der Waals surface area contributed by atoms with Crippen LogP contribution >= 0.6 is 38.9 Å². The van der Waals surface area contributed by atoms with E-state index in [4.69, 9.17) is 11.6 Å². The first-order valence-electron chi connectivity index (χ1n) is 5.24. The molecule has 0 fully saturated rings. The van der Waals surface area contributed by atoms with E-state index < -0.39 is 0 Å². The minimum absolute atomic E-state index is 0.740. The van der Waals surface area contributed by atoms with Crippen LogP contribution in [0.2, 0.25) is 5.02 Å². The quantitative estimate of drug-likeness (QED) is 0.891. The van der Waals surface area contributed by atoms with Crippen LogP contribution in [0.5, 0.6) is 0 Å². The van der Waals surface area contributed by atoms with Crippen LogP contribution in [0.1, 0.15) is 10.6 Å². The van der Waals surface area contributed by atoms with Crippen molar-refractivity contribution in [2.75, 3.05) is 11.9 Å². The first-order valence-corrected chi connectivity index (χ1v) is 7.30. The van der Waals surface area contributed by atoms with Gasteiger partial charge in [-0.25, -0.2) is 4.98 Å². The van der Waals surface area contributed by atoms with E-state index in [1.165, 1.54) is 4.88 Å². The number of aromatic nitrogens is 1. The number of nitrogens with zero attached hydrogens (tertiary/aromatic N) is 1. The fraction of sp³-hybridized carbons (Fsp3) is 0.250. The lowest BCUT2D eigenvalue weighted by molar-refractivity contribution is 1.02. The molecule has 0 amide bonds. The number of nitrogens with one attached hydrogen (secondary N) is 1. The zero-order valence-corrected chi connectivity index (χ0v) is 12.5. The maximum atomic E-state index is 5.95. The molecule has 2 rings (SSSR count). The molecule has 1 aromatic heterocycles. The molecule has 0 unspecified atom stereocenters. The molecular formula is C12H12BrClN2S. The van der Waals surface area contributed by atoms with Crippen molar-refractivity contribution in [2.45, 2.75) is 13.3 Å². The van der Waals surface area contributed by atoms with Crippen LogP contribution in [0.15, 0.2) is 28.2 Å². The van der Waals surface area contributed by atoms with Gasteiger partial charge >= 0.3 is 0 Å². The topological polar surface area (TPSA) is 24.9 Å². The Labute approximate surface area is 118 Å². The molecule has 0 aliphatic rings. The Hall–Kier alpha value is -0.580. The molecule has 1 N–H and O–H groups in total. The summed E-state index contributed by atoms with van der Waals surface area (Å²) in [4.78, 5) is 5.56. The van der Waals surface area contributed by atoms with Gasteiger partial charge in [0.05, 0.1) is 11.2 Å². The smallest absolute Gasteiger partial charge is 0.0797 e. The van der Waals surface area contributed by atoms with Gasteiger partial charge in [-0.05, 0) is 41.1 Å². The first-order chi connectivity index (χ1) is 8.16. The number of aryl methyl sites for hydroxylation is 1. The third-order valence-electron chi connectivity index (χ3n) is 2.44. The van der Waals surface area contributed by atoms with E-state index >= 15 is 0 Å². The summed E-state index contributed by atoms with van der Waals surface area (Å²) < 4.78 is 1.03. The summed E-state index contributed by atoms with van der Waals surface area (Å²) in [6.07, 6.45) is 0.982. The summed E-state index contributed by atoms with van der Waals surface area (Å²) in [5, 5.41) is 4.11. The second-order valence-electron chi connectivity index (χ2n) is 3.66. The van der Waals surface area contributed by atoms with Crippen LogP contribution in [0.3, 0.4) is 0 Å². The van der Waals surface area contributed by atoms with Crippen LogP contribution in [-0.4, -0.2) is 11.5 Å².